The number of rotatable bonds is 3. The number of likely N-dealkylation sites (N-methyl/N-ethyl adjacent to an activating group) is 1. The van der Waals surface area contributed by atoms with Crippen molar-refractivity contribution >= 4 is 17.7 Å². The fraction of sp³-hybridized carbons (Fsp3) is 0.273. The maximum Gasteiger partial charge on any atom is 0.148 e. The summed E-state index contributed by atoms with van der Waals surface area (Å²) in [5.74, 6) is -0.357. The molecule has 0 aromatic heterocycles. The highest BCUT2D eigenvalue weighted by Gasteiger charge is 2.03. The first-order valence-corrected chi connectivity index (χ1v) is 4.78. The van der Waals surface area contributed by atoms with Crippen LogP contribution in [0.2, 0.25) is 5.02 Å². The largest absolute Gasteiger partial charge is 0.316 e. The average molecular weight is 214 g/mol. The molecule has 0 radical (unpaired) electrons. The van der Waals surface area contributed by atoms with E-state index in [1.54, 1.807) is 24.3 Å². The molecule has 0 aliphatic carbocycles. The third-order valence-electron chi connectivity index (χ3n) is 1.84. The number of hydrogen-bond donors (Lipinski definition) is 1. The van der Waals surface area contributed by atoms with Gasteiger partial charge < -0.3 is 5.32 Å². The summed E-state index contributed by atoms with van der Waals surface area (Å²) in [4.78, 5) is 0. The van der Waals surface area contributed by atoms with Gasteiger partial charge in [-0.2, -0.15) is 0 Å². The molecule has 0 aliphatic heterocycles. The summed E-state index contributed by atoms with van der Waals surface area (Å²) >= 11 is 5.65. The first-order valence-electron chi connectivity index (χ1n) is 4.41. The lowest BCUT2D eigenvalue weighted by Crippen LogP contribution is -2.08. The van der Waals surface area contributed by atoms with Crippen LogP contribution in [0.1, 0.15) is 12.5 Å². The lowest BCUT2D eigenvalue weighted by Gasteiger charge is -2.02. The van der Waals surface area contributed by atoms with Gasteiger partial charge in [0.15, 0.2) is 0 Å². The molecule has 1 nitrogen and oxygen atoms in total. The monoisotopic (exact) mass is 213 g/mol. The molecule has 1 rings (SSSR count). The van der Waals surface area contributed by atoms with E-state index >= 15 is 0 Å². The van der Waals surface area contributed by atoms with Gasteiger partial charge in [0.25, 0.3) is 0 Å². The highest BCUT2D eigenvalue weighted by Crippen LogP contribution is 2.19. The summed E-state index contributed by atoms with van der Waals surface area (Å²) < 4.78 is 13.4. The van der Waals surface area contributed by atoms with Crippen LogP contribution in [0.3, 0.4) is 0 Å². The summed E-state index contributed by atoms with van der Waals surface area (Å²) in [6.07, 6.45) is 1.79. The normalized spacial score (nSPS) is 11.9. The average Bonchev–Trinajstić information content (AvgIpc) is 2.13. The van der Waals surface area contributed by atoms with Crippen LogP contribution < -0.4 is 5.32 Å². The van der Waals surface area contributed by atoms with Gasteiger partial charge in [-0.05, 0) is 20.0 Å². The standard InChI is InChI=1S/C11H13ClFN/c1-8(7-14-2)6-9-4-3-5-10(12)11(9)13/h3-6,14H,7H2,1-2H3/b8-6+. The van der Waals surface area contributed by atoms with Crippen molar-refractivity contribution in [2.24, 2.45) is 0 Å². The molecular weight excluding hydrogens is 201 g/mol. The van der Waals surface area contributed by atoms with E-state index in [1.165, 1.54) is 0 Å². The fourth-order valence-corrected chi connectivity index (χ4v) is 1.41. The number of benzene rings is 1. The molecule has 0 fully saturated rings. The second-order valence-electron chi connectivity index (χ2n) is 3.16. The predicted octanol–water partition coefficient (Wildman–Crippen LogP) is 3.10. The molecule has 0 saturated heterocycles. The Bertz CT molecular complexity index is 347. The Morgan fingerprint density at radius 1 is 1.57 bits per heavy atom. The summed E-state index contributed by atoms with van der Waals surface area (Å²) in [6.45, 7) is 2.68. The van der Waals surface area contributed by atoms with Gasteiger partial charge in [-0.15, -0.1) is 0 Å². The van der Waals surface area contributed by atoms with Crippen molar-refractivity contribution in [2.75, 3.05) is 13.6 Å². The van der Waals surface area contributed by atoms with Gasteiger partial charge >= 0.3 is 0 Å². The van der Waals surface area contributed by atoms with Crippen LogP contribution >= 0.6 is 11.6 Å². The van der Waals surface area contributed by atoms with Crippen LogP contribution in [-0.4, -0.2) is 13.6 Å². The number of nitrogens with one attached hydrogen (secondary N) is 1. The van der Waals surface area contributed by atoms with Crippen LogP contribution in [0.25, 0.3) is 6.08 Å². The summed E-state index contributed by atoms with van der Waals surface area (Å²) in [5.41, 5.74) is 1.60. The van der Waals surface area contributed by atoms with E-state index in [-0.39, 0.29) is 10.8 Å². The van der Waals surface area contributed by atoms with Crippen LogP contribution in [0.4, 0.5) is 4.39 Å². The molecule has 76 valence electrons. The molecule has 0 amide bonds. The molecule has 0 atom stereocenters. The molecule has 14 heavy (non-hydrogen) atoms. The van der Waals surface area contributed by atoms with E-state index in [1.807, 2.05) is 14.0 Å². The molecule has 3 heteroatoms. The molecule has 0 unspecified atom stereocenters. The molecule has 0 aliphatic rings. The van der Waals surface area contributed by atoms with E-state index in [2.05, 4.69) is 5.32 Å². The first-order chi connectivity index (χ1) is 6.65. The smallest absolute Gasteiger partial charge is 0.148 e. The fourth-order valence-electron chi connectivity index (χ4n) is 1.23. The van der Waals surface area contributed by atoms with Crippen molar-refractivity contribution in [1.29, 1.82) is 0 Å². The second-order valence-corrected chi connectivity index (χ2v) is 3.57. The SMILES string of the molecule is CNC/C(C)=C/c1cccc(Cl)c1F. The van der Waals surface area contributed by atoms with E-state index in [0.717, 1.165) is 12.1 Å². The van der Waals surface area contributed by atoms with Gasteiger partial charge in [0.05, 0.1) is 5.02 Å². The van der Waals surface area contributed by atoms with E-state index in [9.17, 15) is 4.39 Å². The molecule has 0 heterocycles. The van der Waals surface area contributed by atoms with Gasteiger partial charge in [0.2, 0.25) is 0 Å². The Balaban J connectivity index is 2.96. The maximum absolute atomic E-state index is 13.4. The molecule has 1 N–H and O–H groups in total. The Morgan fingerprint density at radius 2 is 2.29 bits per heavy atom. The van der Waals surface area contributed by atoms with E-state index in [0.29, 0.717) is 5.56 Å². The number of hydrogen-bond acceptors (Lipinski definition) is 1. The Morgan fingerprint density at radius 3 is 2.93 bits per heavy atom. The Hall–Kier alpha value is -0.860. The third kappa shape index (κ3) is 2.82. The zero-order valence-electron chi connectivity index (χ0n) is 8.27. The van der Waals surface area contributed by atoms with Crippen molar-refractivity contribution in [3.8, 4) is 0 Å². The van der Waals surface area contributed by atoms with Crippen LogP contribution in [0.5, 0.6) is 0 Å². The summed E-state index contributed by atoms with van der Waals surface area (Å²) in [5, 5.41) is 3.16. The zero-order valence-corrected chi connectivity index (χ0v) is 9.03. The van der Waals surface area contributed by atoms with Crippen molar-refractivity contribution in [2.45, 2.75) is 6.92 Å². The zero-order chi connectivity index (χ0) is 10.6. The van der Waals surface area contributed by atoms with Crippen molar-refractivity contribution < 1.29 is 4.39 Å². The van der Waals surface area contributed by atoms with Crippen LogP contribution in [0.15, 0.2) is 23.8 Å². The van der Waals surface area contributed by atoms with Gasteiger partial charge in [0.1, 0.15) is 5.82 Å². The highest BCUT2D eigenvalue weighted by atomic mass is 35.5. The summed E-state index contributed by atoms with van der Waals surface area (Å²) in [7, 11) is 1.85. The molecule has 1 aromatic rings. The van der Waals surface area contributed by atoms with Crippen LogP contribution in [0, 0.1) is 5.82 Å². The molecule has 1 aromatic carbocycles. The Kier molecular flexibility index (Phi) is 4.11. The topological polar surface area (TPSA) is 12.0 Å². The Labute approximate surface area is 88.6 Å². The molecular formula is C11H13ClFN. The maximum atomic E-state index is 13.4. The lowest BCUT2D eigenvalue weighted by molar-refractivity contribution is 0.625. The van der Waals surface area contributed by atoms with Crippen molar-refractivity contribution in [1.82, 2.24) is 5.32 Å². The first kappa shape index (κ1) is 11.2. The molecule has 0 saturated carbocycles. The van der Waals surface area contributed by atoms with E-state index < -0.39 is 0 Å². The van der Waals surface area contributed by atoms with E-state index in [4.69, 9.17) is 11.6 Å². The minimum atomic E-state index is -0.357. The lowest BCUT2D eigenvalue weighted by atomic mass is 10.1. The van der Waals surface area contributed by atoms with Crippen molar-refractivity contribution in [3.05, 3.63) is 40.2 Å². The number of halogens is 2. The predicted molar refractivity (Wildman–Crippen MR) is 59.0 cm³/mol. The van der Waals surface area contributed by atoms with Crippen molar-refractivity contribution in [3.63, 3.8) is 0 Å². The van der Waals surface area contributed by atoms with Crippen LogP contribution in [-0.2, 0) is 0 Å². The van der Waals surface area contributed by atoms with Gasteiger partial charge in [0, 0.05) is 12.1 Å². The van der Waals surface area contributed by atoms with Gasteiger partial charge in [-0.3, -0.25) is 0 Å². The minimum absolute atomic E-state index is 0.163. The van der Waals surface area contributed by atoms with Gasteiger partial charge in [-0.25, -0.2) is 4.39 Å². The molecule has 0 spiro atoms. The van der Waals surface area contributed by atoms with Gasteiger partial charge in [-0.1, -0.05) is 35.4 Å². The quantitative estimate of drug-likeness (QED) is 0.814. The molecule has 0 bridgehead atoms. The highest BCUT2D eigenvalue weighted by molar-refractivity contribution is 6.30. The third-order valence-corrected chi connectivity index (χ3v) is 2.13. The minimum Gasteiger partial charge on any atom is -0.316 e. The summed E-state index contributed by atoms with van der Waals surface area (Å²) in [6, 6.07) is 4.99. The second kappa shape index (κ2) is 5.13.